The summed E-state index contributed by atoms with van der Waals surface area (Å²) in [5, 5.41) is 3.52. The second kappa shape index (κ2) is 8.25. The monoisotopic (exact) mass is 277 g/mol. The van der Waals surface area contributed by atoms with Crippen molar-refractivity contribution < 1.29 is 0 Å². The summed E-state index contributed by atoms with van der Waals surface area (Å²) in [5.41, 5.74) is 2.61. The van der Waals surface area contributed by atoms with Crippen molar-refractivity contribution in [1.82, 2.24) is 10.3 Å². The Kier molecular flexibility index (Phi) is 7.00. The third-order valence-corrected chi connectivity index (χ3v) is 3.24. The fraction of sp³-hybridized carbons (Fsp3) is 0.706. The van der Waals surface area contributed by atoms with Gasteiger partial charge in [0, 0.05) is 42.8 Å². The van der Waals surface area contributed by atoms with Crippen molar-refractivity contribution in [3.05, 3.63) is 24.0 Å². The van der Waals surface area contributed by atoms with Crippen LogP contribution in [0, 0.1) is 11.8 Å². The number of anilines is 1. The molecule has 0 saturated heterocycles. The first kappa shape index (κ1) is 17.0. The lowest BCUT2D eigenvalue weighted by atomic mass is 10.1. The van der Waals surface area contributed by atoms with Crippen molar-refractivity contribution in [1.29, 1.82) is 0 Å². The summed E-state index contributed by atoms with van der Waals surface area (Å²) in [5.74, 6) is 1.33. The molecule has 0 saturated carbocycles. The maximum absolute atomic E-state index is 4.30. The molecular formula is C17H31N3. The zero-order valence-corrected chi connectivity index (χ0v) is 14.0. The summed E-state index contributed by atoms with van der Waals surface area (Å²) >= 11 is 0. The molecule has 1 heterocycles. The average Bonchev–Trinajstić information content (AvgIpc) is 2.36. The Balaban J connectivity index is 2.85. The minimum absolute atomic E-state index is 0.503. The van der Waals surface area contributed by atoms with Crippen LogP contribution >= 0.6 is 0 Å². The highest BCUT2D eigenvalue weighted by molar-refractivity contribution is 5.53. The van der Waals surface area contributed by atoms with Crippen molar-refractivity contribution in [3.63, 3.8) is 0 Å². The third kappa shape index (κ3) is 5.49. The van der Waals surface area contributed by atoms with Crippen LogP contribution in [0.2, 0.25) is 0 Å². The molecule has 0 unspecified atom stereocenters. The molecule has 0 radical (unpaired) electrons. The Hall–Kier alpha value is -1.09. The smallest absolute Gasteiger partial charge is 0.0445 e. The van der Waals surface area contributed by atoms with Gasteiger partial charge in [-0.05, 0) is 38.3 Å². The van der Waals surface area contributed by atoms with Gasteiger partial charge in [0.05, 0.1) is 0 Å². The second-order valence-electron chi connectivity index (χ2n) is 6.67. The Bertz CT molecular complexity index is 386. The summed E-state index contributed by atoms with van der Waals surface area (Å²) < 4.78 is 0. The van der Waals surface area contributed by atoms with Crippen LogP contribution in [0.3, 0.4) is 0 Å². The van der Waals surface area contributed by atoms with Gasteiger partial charge < -0.3 is 10.2 Å². The van der Waals surface area contributed by atoms with Crippen molar-refractivity contribution in [2.45, 2.75) is 54.1 Å². The normalized spacial score (nSPS) is 11.7. The molecule has 1 N–H and O–H groups in total. The summed E-state index contributed by atoms with van der Waals surface area (Å²) in [6.07, 6.45) is 3.90. The highest BCUT2D eigenvalue weighted by atomic mass is 15.2. The number of hydrogen-bond donors (Lipinski definition) is 1. The lowest BCUT2D eigenvalue weighted by Gasteiger charge is -2.32. The van der Waals surface area contributed by atoms with E-state index in [0.717, 1.165) is 19.6 Å². The molecule has 3 heteroatoms. The molecule has 0 aliphatic heterocycles. The summed E-state index contributed by atoms with van der Waals surface area (Å²) in [4.78, 5) is 6.78. The van der Waals surface area contributed by atoms with Gasteiger partial charge in [0.2, 0.25) is 0 Å². The Morgan fingerprint density at radius 1 is 1.10 bits per heavy atom. The minimum Gasteiger partial charge on any atom is -0.368 e. The van der Waals surface area contributed by atoms with Gasteiger partial charge in [-0.15, -0.1) is 0 Å². The van der Waals surface area contributed by atoms with Gasteiger partial charge >= 0.3 is 0 Å². The predicted octanol–water partition coefficient (Wildman–Crippen LogP) is 3.70. The van der Waals surface area contributed by atoms with E-state index >= 15 is 0 Å². The minimum atomic E-state index is 0.503. The van der Waals surface area contributed by atoms with Gasteiger partial charge in [-0.25, -0.2) is 0 Å². The molecule has 0 spiro atoms. The number of pyridine rings is 1. The quantitative estimate of drug-likeness (QED) is 0.785. The SMILES string of the molecule is CC(C)CNCc1cnccc1N(CC(C)C)C(C)C. The maximum atomic E-state index is 4.30. The van der Waals surface area contributed by atoms with E-state index in [9.17, 15) is 0 Å². The molecule has 0 amide bonds. The number of hydrogen-bond acceptors (Lipinski definition) is 3. The largest absolute Gasteiger partial charge is 0.368 e. The molecule has 0 fully saturated rings. The number of nitrogens with one attached hydrogen (secondary N) is 1. The Labute approximate surface area is 124 Å². The predicted molar refractivity (Wildman–Crippen MR) is 88.1 cm³/mol. The molecule has 1 aromatic heterocycles. The van der Waals surface area contributed by atoms with Gasteiger partial charge in [-0.2, -0.15) is 0 Å². The molecule has 1 rings (SSSR count). The van der Waals surface area contributed by atoms with Crippen LogP contribution in [0.25, 0.3) is 0 Å². The maximum Gasteiger partial charge on any atom is 0.0445 e. The van der Waals surface area contributed by atoms with E-state index in [2.05, 4.69) is 62.8 Å². The van der Waals surface area contributed by atoms with Crippen LogP contribution < -0.4 is 10.2 Å². The molecule has 20 heavy (non-hydrogen) atoms. The van der Waals surface area contributed by atoms with E-state index in [4.69, 9.17) is 0 Å². The Morgan fingerprint density at radius 2 is 1.80 bits per heavy atom. The zero-order chi connectivity index (χ0) is 15.1. The highest BCUT2D eigenvalue weighted by Crippen LogP contribution is 2.22. The molecule has 0 atom stereocenters. The van der Waals surface area contributed by atoms with E-state index in [-0.39, 0.29) is 0 Å². The molecule has 0 aliphatic rings. The fourth-order valence-electron chi connectivity index (χ4n) is 2.31. The van der Waals surface area contributed by atoms with E-state index in [1.165, 1.54) is 11.3 Å². The number of aromatic nitrogens is 1. The fourth-order valence-corrected chi connectivity index (χ4v) is 2.31. The first-order valence-corrected chi connectivity index (χ1v) is 7.82. The summed E-state index contributed by atoms with van der Waals surface area (Å²) in [6.45, 7) is 16.5. The summed E-state index contributed by atoms with van der Waals surface area (Å²) in [6, 6.07) is 2.65. The van der Waals surface area contributed by atoms with Crippen molar-refractivity contribution >= 4 is 5.69 Å². The van der Waals surface area contributed by atoms with E-state index in [1.807, 2.05) is 12.4 Å². The molecule has 0 aromatic carbocycles. The number of rotatable bonds is 8. The molecule has 0 aliphatic carbocycles. The zero-order valence-electron chi connectivity index (χ0n) is 14.0. The van der Waals surface area contributed by atoms with E-state index < -0.39 is 0 Å². The molecule has 1 aromatic rings. The van der Waals surface area contributed by atoms with E-state index in [0.29, 0.717) is 17.9 Å². The summed E-state index contributed by atoms with van der Waals surface area (Å²) in [7, 11) is 0. The first-order chi connectivity index (χ1) is 9.41. The Morgan fingerprint density at radius 3 is 2.35 bits per heavy atom. The van der Waals surface area contributed by atoms with Gasteiger partial charge in [0.1, 0.15) is 0 Å². The topological polar surface area (TPSA) is 28.2 Å². The lowest BCUT2D eigenvalue weighted by molar-refractivity contribution is 0.545. The van der Waals surface area contributed by atoms with Crippen LogP contribution in [0.4, 0.5) is 5.69 Å². The molecule has 3 nitrogen and oxygen atoms in total. The van der Waals surface area contributed by atoms with Crippen LogP contribution in [0.15, 0.2) is 18.5 Å². The van der Waals surface area contributed by atoms with Crippen molar-refractivity contribution in [2.75, 3.05) is 18.0 Å². The third-order valence-electron chi connectivity index (χ3n) is 3.24. The van der Waals surface area contributed by atoms with Gasteiger partial charge in [-0.3, -0.25) is 4.98 Å². The second-order valence-corrected chi connectivity index (χ2v) is 6.67. The van der Waals surface area contributed by atoms with Gasteiger partial charge in [0.25, 0.3) is 0 Å². The van der Waals surface area contributed by atoms with Gasteiger partial charge in [0.15, 0.2) is 0 Å². The molecule has 114 valence electrons. The van der Waals surface area contributed by atoms with Crippen LogP contribution in [0.5, 0.6) is 0 Å². The molecule has 0 bridgehead atoms. The average molecular weight is 277 g/mol. The van der Waals surface area contributed by atoms with E-state index in [1.54, 1.807) is 0 Å². The number of nitrogens with zero attached hydrogens (tertiary/aromatic N) is 2. The highest BCUT2D eigenvalue weighted by Gasteiger charge is 2.15. The van der Waals surface area contributed by atoms with Crippen LogP contribution in [0.1, 0.15) is 47.1 Å². The lowest BCUT2D eigenvalue weighted by Crippen LogP contribution is -2.35. The van der Waals surface area contributed by atoms with Crippen LogP contribution in [-0.2, 0) is 6.54 Å². The van der Waals surface area contributed by atoms with Crippen molar-refractivity contribution in [3.8, 4) is 0 Å². The van der Waals surface area contributed by atoms with Crippen molar-refractivity contribution in [2.24, 2.45) is 11.8 Å². The standard InChI is InChI=1S/C17H31N3/c1-13(2)9-19-11-16-10-18-8-7-17(16)20(15(5)6)12-14(3)4/h7-8,10,13-15,19H,9,11-12H2,1-6H3. The first-order valence-electron chi connectivity index (χ1n) is 7.82. The van der Waals surface area contributed by atoms with Crippen LogP contribution in [-0.4, -0.2) is 24.1 Å². The molecular weight excluding hydrogens is 246 g/mol. The van der Waals surface area contributed by atoms with Gasteiger partial charge in [-0.1, -0.05) is 27.7 Å².